The van der Waals surface area contributed by atoms with Crippen LogP contribution in [0.4, 0.5) is 5.82 Å². The minimum Gasteiger partial charge on any atom is -0.497 e. The van der Waals surface area contributed by atoms with Gasteiger partial charge in [0.1, 0.15) is 11.6 Å². The number of benzene rings is 2. The average Bonchev–Trinajstić information content (AvgIpc) is 3.23. The Labute approximate surface area is 208 Å². The van der Waals surface area contributed by atoms with Gasteiger partial charge in [-0.1, -0.05) is 58.0 Å². The predicted molar refractivity (Wildman–Crippen MR) is 139 cm³/mol. The van der Waals surface area contributed by atoms with Gasteiger partial charge in [-0.15, -0.1) is 0 Å². The normalized spacial score (nSPS) is 11.3. The zero-order valence-electron chi connectivity index (χ0n) is 21.6. The molecule has 0 aliphatic rings. The molecule has 35 heavy (non-hydrogen) atoms. The summed E-state index contributed by atoms with van der Waals surface area (Å²) < 4.78 is 6.96. The maximum Gasteiger partial charge on any atom is 0.245 e. The highest BCUT2D eigenvalue weighted by Gasteiger charge is 2.23. The van der Waals surface area contributed by atoms with Gasteiger partial charge in [0.2, 0.25) is 11.8 Å². The molecule has 1 aromatic heterocycles. The van der Waals surface area contributed by atoms with Crippen LogP contribution in [0.3, 0.4) is 0 Å². The lowest BCUT2D eigenvalue weighted by molar-refractivity contribution is -0.134. The second-order valence-electron chi connectivity index (χ2n) is 9.75. The van der Waals surface area contributed by atoms with Crippen LogP contribution in [-0.4, -0.2) is 46.7 Å². The molecule has 0 fully saturated rings. The van der Waals surface area contributed by atoms with Crippen molar-refractivity contribution in [3.63, 3.8) is 0 Å². The summed E-state index contributed by atoms with van der Waals surface area (Å²) in [5.74, 6) is 0.992. The van der Waals surface area contributed by atoms with Crippen LogP contribution in [0, 0.1) is 6.92 Å². The minimum atomic E-state index is -0.253. The molecule has 0 saturated heterocycles. The third-order valence-corrected chi connectivity index (χ3v) is 5.78. The third kappa shape index (κ3) is 6.72. The van der Waals surface area contributed by atoms with Gasteiger partial charge in [0, 0.05) is 18.0 Å². The molecule has 0 saturated carbocycles. The molecular weight excluding hydrogens is 440 g/mol. The predicted octanol–water partition coefficient (Wildman–Crippen LogP) is 4.91. The summed E-state index contributed by atoms with van der Waals surface area (Å²) in [6, 6.07) is 17.2. The van der Waals surface area contributed by atoms with Crippen LogP contribution in [0.2, 0.25) is 0 Å². The molecule has 1 heterocycles. The number of carbonyl (C=O) groups excluding carboxylic acids is 2. The molecule has 0 bridgehead atoms. The highest BCUT2D eigenvalue weighted by Crippen LogP contribution is 2.27. The number of methoxy groups -OCH3 is 1. The molecule has 3 rings (SSSR count). The van der Waals surface area contributed by atoms with Crippen molar-refractivity contribution in [1.29, 1.82) is 0 Å². The lowest BCUT2D eigenvalue weighted by Gasteiger charge is -2.22. The van der Waals surface area contributed by atoms with Gasteiger partial charge in [-0.3, -0.25) is 9.59 Å². The molecule has 2 amide bonds. The van der Waals surface area contributed by atoms with E-state index in [1.807, 2.05) is 68.4 Å². The molecule has 0 radical (unpaired) electrons. The van der Waals surface area contributed by atoms with E-state index in [9.17, 15) is 9.59 Å². The first kappa shape index (κ1) is 26.0. The fourth-order valence-electron chi connectivity index (χ4n) is 3.77. The van der Waals surface area contributed by atoms with Crippen molar-refractivity contribution in [2.75, 3.05) is 25.5 Å². The molecular formula is C28H36N4O3. The molecule has 3 aromatic rings. The number of para-hydroxylation sites is 1. The minimum absolute atomic E-state index is 0.0212. The Morgan fingerprint density at radius 2 is 1.77 bits per heavy atom. The molecule has 7 heteroatoms. The van der Waals surface area contributed by atoms with Gasteiger partial charge in [0.05, 0.1) is 31.5 Å². The molecule has 2 aromatic carbocycles. The van der Waals surface area contributed by atoms with Crippen molar-refractivity contribution in [3.8, 4) is 11.4 Å². The number of ether oxygens (including phenoxy) is 1. The quantitative estimate of drug-likeness (QED) is 0.476. The molecule has 0 aliphatic carbocycles. The SMILES string of the molecule is CCCN(CC(=O)Nc1cc(C(C)(C)C)nn1-c1ccccc1C)C(=O)Cc1ccc(OC)cc1. The van der Waals surface area contributed by atoms with E-state index < -0.39 is 0 Å². The van der Waals surface area contributed by atoms with Crippen LogP contribution < -0.4 is 10.1 Å². The van der Waals surface area contributed by atoms with E-state index in [-0.39, 0.29) is 30.2 Å². The Morgan fingerprint density at radius 1 is 1.09 bits per heavy atom. The maximum atomic E-state index is 13.1. The standard InChI is InChI=1S/C28H36N4O3/c1-7-16-31(27(34)17-21-12-14-22(35-6)15-13-21)19-26(33)29-25-18-24(28(3,4)5)30-32(25)23-11-9-8-10-20(23)2/h8-15,18H,7,16-17,19H2,1-6H3,(H,29,33). The van der Waals surface area contributed by atoms with Gasteiger partial charge in [-0.05, 0) is 42.7 Å². The van der Waals surface area contributed by atoms with Crippen LogP contribution >= 0.6 is 0 Å². The van der Waals surface area contributed by atoms with Crippen molar-refractivity contribution in [1.82, 2.24) is 14.7 Å². The summed E-state index contributed by atoms with van der Waals surface area (Å²) in [5, 5.41) is 7.80. The summed E-state index contributed by atoms with van der Waals surface area (Å²) in [6.07, 6.45) is 0.990. The van der Waals surface area contributed by atoms with Crippen LogP contribution in [0.15, 0.2) is 54.6 Å². The number of aromatic nitrogens is 2. The topological polar surface area (TPSA) is 76.5 Å². The second kappa shape index (κ2) is 11.2. The summed E-state index contributed by atoms with van der Waals surface area (Å²) in [4.78, 5) is 27.7. The highest BCUT2D eigenvalue weighted by atomic mass is 16.5. The van der Waals surface area contributed by atoms with Gasteiger partial charge in [-0.2, -0.15) is 5.10 Å². The fraction of sp³-hybridized carbons (Fsp3) is 0.393. The van der Waals surface area contributed by atoms with E-state index in [1.54, 1.807) is 16.7 Å². The molecule has 0 spiro atoms. The monoisotopic (exact) mass is 476 g/mol. The number of carbonyl (C=O) groups is 2. The Morgan fingerprint density at radius 3 is 2.37 bits per heavy atom. The summed E-state index contributed by atoms with van der Waals surface area (Å²) in [7, 11) is 1.61. The van der Waals surface area contributed by atoms with E-state index in [1.165, 1.54) is 0 Å². The molecule has 1 N–H and O–H groups in total. The molecule has 0 atom stereocenters. The number of aryl methyl sites for hydroxylation is 1. The van der Waals surface area contributed by atoms with E-state index in [0.29, 0.717) is 12.4 Å². The van der Waals surface area contributed by atoms with Crippen LogP contribution in [0.25, 0.3) is 5.69 Å². The highest BCUT2D eigenvalue weighted by molar-refractivity contribution is 5.94. The van der Waals surface area contributed by atoms with Crippen molar-refractivity contribution in [3.05, 3.63) is 71.4 Å². The number of anilines is 1. The van der Waals surface area contributed by atoms with E-state index >= 15 is 0 Å². The van der Waals surface area contributed by atoms with Crippen molar-refractivity contribution < 1.29 is 14.3 Å². The first-order chi connectivity index (χ1) is 16.6. The van der Waals surface area contributed by atoms with Crippen molar-refractivity contribution >= 4 is 17.6 Å². The number of nitrogens with zero attached hydrogens (tertiary/aromatic N) is 3. The maximum absolute atomic E-state index is 13.1. The van der Waals surface area contributed by atoms with E-state index in [0.717, 1.165) is 34.7 Å². The summed E-state index contributed by atoms with van der Waals surface area (Å²) >= 11 is 0. The smallest absolute Gasteiger partial charge is 0.245 e. The number of nitrogens with one attached hydrogen (secondary N) is 1. The Kier molecular flexibility index (Phi) is 8.33. The molecule has 0 aliphatic heterocycles. The fourth-order valence-corrected chi connectivity index (χ4v) is 3.77. The zero-order valence-corrected chi connectivity index (χ0v) is 21.6. The first-order valence-corrected chi connectivity index (χ1v) is 12.0. The van der Waals surface area contributed by atoms with Crippen molar-refractivity contribution in [2.45, 2.75) is 52.9 Å². The van der Waals surface area contributed by atoms with Gasteiger partial charge in [-0.25, -0.2) is 4.68 Å². The van der Waals surface area contributed by atoms with E-state index in [2.05, 4.69) is 26.1 Å². The number of hydrogen-bond acceptors (Lipinski definition) is 4. The largest absolute Gasteiger partial charge is 0.497 e. The first-order valence-electron chi connectivity index (χ1n) is 12.0. The van der Waals surface area contributed by atoms with Crippen molar-refractivity contribution in [2.24, 2.45) is 0 Å². The number of rotatable bonds is 9. The van der Waals surface area contributed by atoms with E-state index in [4.69, 9.17) is 9.84 Å². The lowest BCUT2D eigenvalue weighted by atomic mass is 9.92. The van der Waals surface area contributed by atoms with Gasteiger partial charge >= 0.3 is 0 Å². The summed E-state index contributed by atoms with van der Waals surface area (Å²) in [5.41, 5.74) is 3.52. The summed E-state index contributed by atoms with van der Waals surface area (Å²) in [6.45, 7) is 10.8. The number of amides is 2. The molecule has 186 valence electrons. The zero-order chi connectivity index (χ0) is 25.6. The van der Waals surface area contributed by atoms with Gasteiger partial charge < -0.3 is 15.0 Å². The third-order valence-electron chi connectivity index (χ3n) is 5.78. The molecule has 0 unspecified atom stereocenters. The Balaban J connectivity index is 1.78. The van der Waals surface area contributed by atoms with Crippen LogP contribution in [0.5, 0.6) is 5.75 Å². The average molecular weight is 477 g/mol. The second-order valence-corrected chi connectivity index (χ2v) is 9.75. The lowest BCUT2D eigenvalue weighted by Crippen LogP contribution is -2.39. The Hall–Kier alpha value is -3.61. The van der Waals surface area contributed by atoms with Crippen LogP contribution in [0.1, 0.15) is 50.9 Å². The van der Waals surface area contributed by atoms with Gasteiger partial charge in [0.15, 0.2) is 0 Å². The van der Waals surface area contributed by atoms with Gasteiger partial charge in [0.25, 0.3) is 0 Å². The molecule has 7 nitrogen and oxygen atoms in total. The Bertz CT molecular complexity index is 1160. The number of hydrogen-bond donors (Lipinski definition) is 1. The van der Waals surface area contributed by atoms with Crippen LogP contribution in [-0.2, 0) is 21.4 Å².